The quantitative estimate of drug-likeness (QED) is 0.845. The number of hydrogen-bond acceptors (Lipinski definition) is 3. The zero-order valence-corrected chi connectivity index (χ0v) is 11.1. The van der Waals surface area contributed by atoms with Crippen molar-refractivity contribution in [3.63, 3.8) is 0 Å². The van der Waals surface area contributed by atoms with Crippen molar-refractivity contribution in [2.24, 2.45) is 0 Å². The number of benzene rings is 1. The van der Waals surface area contributed by atoms with Crippen LogP contribution < -0.4 is 5.32 Å². The third-order valence-corrected chi connectivity index (χ3v) is 3.02. The van der Waals surface area contributed by atoms with Crippen LogP contribution in [0.2, 0.25) is 0 Å². The lowest BCUT2D eigenvalue weighted by Gasteiger charge is -2.06. The summed E-state index contributed by atoms with van der Waals surface area (Å²) in [5, 5.41) is 3.04. The van der Waals surface area contributed by atoms with E-state index in [0.29, 0.717) is 13.2 Å². The summed E-state index contributed by atoms with van der Waals surface area (Å²) in [6.45, 7) is 5.20. The van der Waals surface area contributed by atoms with Gasteiger partial charge in [0.15, 0.2) is 0 Å². The highest BCUT2D eigenvalue weighted by Gasteiger charge is 2.01. The minimum atomic E-state index is -0.212. The van der Waals surface area contributed by atoms with Gasteiger partial charge < -0.3 is 10.1 Å². The van der Waals surface area contributed by atoms with E-state index in [9.17, 15) is 4.79 Å². The third-order valence-electron chi connectivity index (χ3n) is 2.13. The Morgan fingerprint density at radius 1 is 1.50 bits per heavy atom. The fourth-order valence-electron chi connectivity index (χ4n) is 1.34. The molecule has 3 nitrogen and oxygen atoms in total. The SMILES string of the molecule is CCOC(=O)CNCc1ccc(Br)c(C)c1. The van der Waals surface area contributed by atoms with Gasteiger partial charge in [-0.1, -0.05) is 28.1 Å². The highest BCUT2D eigenvalue weighted by molar-refractivity contribution is 9.10. The van der Waals surface area contributed by atoms with E-state index < -0.39 is 0 Å². The van der Waals surface area contributed by atoms with Gasteiger partial charge in [-0.2, -0.15) is 0 Å². The maximum Gasteiger partial charge on any atom is 0.319 e. The molecule has 0 aliphatic rings. The standard InChI is InChI=1S/C12H16BrNO2/c1-3-16-12(15)8-14-7-10-4-5-11(13)9(2)6-10/h4-6,14H,3,7-8H2,1-2H3. The van der Waals surface area contributed by atoms with Crippen molar-refractivity contribution in [2.45, 2.75) is 20.4 Å². The van der Waals surface area contributed by atoms with E-state index in [0.717, 1.165) is 10.0 Å². The Morgan fingerprint density at radius 2 is 2.25 bits per heavy atom. The van der Waals surface area contributed by atoms with Crippen molar-refractivity contribution >= 4 is 21.9 Å². The average Bonchev–Trinajstić information content (AvgIpc) is 2.24. The molecule has 0 unspecified atom stereocenters. The Balaban J connectivity index is 2.37. The second kappa shape index (κ2) is 6.66. The van der Waals surface area contributed by atoms with Crippen molar-refractivity contribution in [1.29, 1.82) is 0 Å². The van der Waals surface area contributed by atoms with Crippen LogP contribution in [0.25, 0.3) is 0 Å². The molecular weight excluding hydrogens is 270 g/mol. The number of halogens is 1. The second-order valence-electron chi connectivity index (χ2n) is 3.49. The molecule has 0 heterocycles. The molecule has 0 aliphatic carbocycles. The number of nitrogens with one attached hydrogen (secondary N) is 1. The highest BCUT2D eigenvalue weighted by Crippen LogP contribution is 2.16. The molecule has 0 amide bonds. The van der Waals surface area contributed by atoms with E-state index in [4.69, 9.17) is 4.74 Å². The van der Waals surface area contributed by atoms with Crippen LogP contribution in [0.3, 0.4) is 0 Å². The van der Waals surface area contributed by atoms with E-state index in [1.807, 2.05) is 19.1 Å². The number of hydrogen-bond donors (Lipinski definition) is 1. The van der Waals surface area contributed by atoms with Crippen LogP contribution >= 0.6 is 15.9 Å². The van der Waals surface area contributed by atoms with Gasteiger partial charge in [-0.25, -0.2) is 0 Å². The number of ether oxygens (including phenoxy) is 1. The summed E-state index contributed by atoms with van der Waals surface area (Å²) < 4.78 is 5.91. The van der Waals surface area contributed by atoms with Crippen LogP contribution in [0.5, 0.6) is 0 Å². The van der Waals surface area contributed by atoms with Gasteiger partial charge in [0.2, 0.25) is 0 Å². The van der Waals surface area contributed by atoms with Gasteiger partial charge in [-0.15, -0.1) is 0 Å². The summed E-state index contributed by atoms with van der Waals surface area (Å²) in [6, 6.07) is 6.12. The predicted molar refractivity (Wildman–Crippen MR) is 67.2 cm³/mol. The smallest absolute Gasteiger partial charge is 0.319 e. The highest BCUT2D eigenvalue weighted by atomic mass is 79.9. The first-order valence-electron chi connectivity index (χ1n) is 5.25. The first-order valence-corrected chi connectivity index (χ1v) is 6.04. The van der Waals surface area contributed by atoms with Gasteiger partial charge in [-0.3, -0.25) is 4.79 Å². The van der Waals surface area contributed by atoms with E-state index in [-0.39, 0.29) is 12.5 Å². The van der Waals surface area contributed by atoms with Gasteiger partial charge >= 0.3 is 5.97 Å². The fraction of sp³-hybridized carbons (Fsp3) is 0.417. The summed E-state index contributed by atoms with van der Waals surface area (Å²) in [4.78, 5) is 11.1. The maximum absolute atomic E-state index is 11.1. The number of carbonyl (C=O) groups is 1. The molecule has 0 fully saturated rings. The van der Waals surface area contributed by atoms with Crippen molar-refractivity contribution in [2.75, 3.05) is 13.2 Å². The van der Waals surface area contributed by atoms with Crippen molar-refractivity contribution in [3.8, 4) is 0 Å². The normalized spacial score (nSPS) is 10.2. The van der Waals surface area contributed by atoms with Crippen molar-refractivity contribution < 1.29 is 9.53 Å². The molecule has 0 spiro atoms. The molecule has 0 atom stereocenters. The second-order valence-corrected chi connectivity index (χ2v) is 4.35. The topological polar surface area (TPSA) is 38.3 Å². The van der Waals surface area contributed by atoms with E-state index in [1.54, 1.807) is 6.92 Å². The minimum Gasteiger partial charge on any atom is -0.465 e. The molecule has 0 radical (unpaired) electrons. The molecule has 4 heteroatoms. The van der Waals surface area contributed by atoms with Crippen LogP contribution in [0, 0.1) is 6.92 Å². The monoisotopic (exact) mass is 285 g/mol. The first-order chi connectivity index (χ1) is 7.63. The summed E-state index contributed by atoms with van der Waals surface area (Å²) in [6.07, 6.45) is 0. The van der Waals surface area contributed by atoms with Gasteiger partial charge in [0.25, 0.3) is 0 Å². The largest absolute Gasteiger partial charge is 0.465 e. The van der Waals surface area contributed by atoms with E-state index in [1.165, 1.54) is 5.56 Å². The summed E-state index contributed by atoms with van der Waals surface area (Å²) in [7, 11) is 0. The Hall–Kier alpha value is -0.870. The van der Waals surface area contributed by atoms with Crippen molar-refractivity contribution in [3.05, 3.63) is 33.8 Å². The minimum absolute atomic E-state index is 0.212. The molecule has 1 aromatic carbocycles. The molecular formula is C12H16BrNO2. The van der Waals surface area contributed by atoms with E-state index >= 15 is 0 Å². The molecule has 88 valence electrons. The van der Waals surface area contributed by atoms with Crippen LogP contribution in [-0.4, -0.2) is 19.1 Å². The van der Waals surface area contributed by atoms with Crippen LogP contribution in [0.15, 0.2) is 22.7 Å². The Labute approximate surface area is 104 Å². The van der Waals surface area contributed by atoms with Crippen molar-refractivity contribution in [1.82, 2.24) is 5.32 Å². The lowest BCUT2D eigenvalue weighted by Crippen LogP contribution is -2.24. The Kier molecular flexibility index (Phi) is 5.49. The molecule has 16 heavy (non-hydrogen) atoms. The first kappa shape index (κ1) is 13.2. The molecule has 1 aromatic rings. The van der Waals surface area contributed by atoms with Crippen LogP contribution in [0.1, 0.15) is 18.1 Å². The lowest BCUT2D eigenvalue weighted by atomic mass is 10.1. The van der Waals surface area contributed by atoms with Gasteiger partial charge in [-0.05, 0) is 31.0 Å². The zero-order chi connectivity index (χ0) is 12.0. The predicted octanol–water partition coefficient (Wildman–Crippen LogP) is 2.41. The number of aryl methyl sites for hydroxylation is 1. The number of esters is 1. The maximum atomic E-state index is 11.1. The Bertz CT molecular complexity index is 366. The summed E-state index contributed by atoms with van der Waals surface area (Å²) in [5.74, 6) is -0.212. The molecule has 0 saturated carbocycles. The Morgan fingerprint density at radius 3 is 2.88 bits per heavy atom. The summed E-state index contributed by atoms with van der Waals surface area (Å²) >= 11 is 3.45. The van der Waals surface area contributed by atoms with E-state index in [2.05, 4.69) is 27.3 Å². The van der Waals surface area contributed by atoms with Gasteiger partial charge in [0.05, 0.1) is 13.2 Å². The van der Waals surface area contributed by atoms with Gasteiger partial charge in [0.1, 0.15) is 0 Å². The zero-order valence-electron chi connectivity index (χ0n) is 9.55. The van der Waals surface area contributed by atoms with Gasteiger partial charge in [0, 0.05) is 11.0 Å². The van der Waals surface area contributed by atoms with Crippen LogP contribution in [0.4, 0.5) is 0 Å². The molecule has 0 aromatic heterocycles. The lowest BCUT2D eigenvalue weighted by molar-refractivity contribution is -0.142. The molecule has 1 rings (SSSR count). The number of carbonyl (C=O) groups excluding carboxylic acids is 1. The third kappa shape index (κ3) is 4.33. The number of rotatable bonds is 5. The molecule has 0 saturated heterocycles. The van der Waals surface area contributed by atoms with Crippen LogP contribution in [-0.2, 0) is 16.1 Å². The molecule has 0 aliphatic heterocycles. The fourth-order valence-corrected chi connectivity index (χ4v) is 1.58. The molecule has 1 N–H and O–H groups in total. The molecule has 0 bridgehead atoms. The summed E-state index contributed by atoms with van der Waals surface area (Å²) in [5.41, 5.74) is 2.35. The average molecular weight is 286 g/mol.